The molecule has 0 radical (unpaired) electrons. The van der Waals surface area contributed by atoms with Crippen LogP contribution in [0.15, 0.2) is 0 Å². The molecule has 0 heterocycles. The van der Waals surface area contributed by atoms with Gasteiger partial charge in [0.2, 0.25) is 5.91 Å². The molecule has 0 aromatic rings. The number of carbonyl (C=O) groups excluding carboxylic acids is 1. The lowest BCUT2D eigenvalue weighted by atomic mass is 9.93. The van der Waals surface area contributed by atoms with Crippen molar-refractivity contribution in [1.82, 2.24) is 0 Å². The standard InChI is InChI=1S/C8H16N2O2/c9-6(7(10)11)5-8(12)3-1-2-4-8/h6,12H,1-5,9H2,(H2,10,11). The number of aliphatic hydroxyl groups is 1. The first-order valence-corrected chi connectivity index (χ1v) is 4.31. The zero-order valence-electron chi connectivity index (χ0n) is 7.12. The Bertz CT molecular complexity index is 176. The minimum atomic E-state index is -0.728. The van der Waals surface area contributed by atoms with Crippen LogP contribution in [0.4, 0.5) is 0 Å². The second-order valence-corrected chi connectivity index (χ2v) is 3.64. The molecular formula is C8H16N2O2. The Labute approximate surface area is 71.9 Å². The third kappa shape index (κ3) is 2.19. The molecule has 0 bridgehead atoms. The van der Waals surface area contributed by atoms with Crippen LogP contribution in [0.5, 0.6) is 0 Å². The molecule has 1 saturated carbocycles. The Morgan fingerprint density at radius 3 is 2.42 bits per heavy atom. The van der Waals surface area contributed by atoms with E-state index in [1.54, 1.807) is 0 Å². The van der Waals surface area contributed by atoms with Crippen LogP contribution in [0.1, 0.15) is 32.1 Å². The van der Waals surface area contributed by atoms with Crippen LogP contribution in [0.2, 0.25) is 0 Å². The molecule has 1 fully saturated rings. The summed E-state index contributed by atoms with van der Waals surface area (Å²) >= 11 is 0. The first-order chi connectivity index (χ1) is 5.53. The van der Waals surface area contributed by atoms with Crippen molar-refractivity contribution < 1.29 is 9.90 Å². The normalized spacial score (nSPS) is 23.8. The highest BCUT2D eigenvalue weighted by molar-refractivity contribution is 5.79. The molecule has 1 unspecified atom stereocenters. The summed E-state index contributed by atoms with van der Waals surface area (Å²) < 4.78 is 0. The summed E-state index contributed by atoms with van der Waals surface area (Å²) in [6.45, 7) is 0. The van der Waals surface area contributed by atoms with Crippen molar-refractivity contribution in [3.63, 3.8) is 0 Å². The van der Waals surface area contributed by atoms with Gasteiger partial charge >= 0.3 is 0 Å². The minimum Gasteiger partial charge on any atom is -0.390 e. The highest BCUT2D eigenvalue weighted by Crippen LogP contribution is 2.32. The number of carbonyl (C=O) groups is 1. The van der Waals surface area contributed by atoms with Gasteiger partial charge in [-0.15, -0.1) is 0 Å². The lowest BCUT2D eigenvalue weighted by molar-refractivity contribution is -0.120. The van der Waals surface area contributed by atoms with Crippen LogP contribution in [0.25, 0.3) is 0 Å². The summed E-state index contributed by atoms with van der Waals surface area (Å²) in [7, 11) is 0. The van der Waals surface area contributed by atoms with E-state index < -0.39 is 17.6 Å². The van der Waals surface area contributed by atoms with Crippen molar-refractivity contribution in [3.05, 3.63) is 0 Å². The molecule has 1 aliphatic carbocycles. The zero-order valence-corrected chi connectivity index (χ0v) is 7.12. The van der Waals surface area contributed by atoms with E-state index >= 15 is 0 Å². The third-order valence-electron chi connectivity index (χ3n) is 2.50. The largest absolute Gasteiger partial charge is 0.390 e. The van der Waals surface area contributed by atoms with Gasteiger partial charge in [-0.1, -0.05) is 12.8 Å². The van der Waals surface area contributed by atoms with Crippen LogP contribution >= 0.6 is 0 Å². The van der Waals surface area contributed by atoms with E-state index in [-0.39, 0.29) is 0 Å². The molecule has 1 amide bonds. The molecule has 12 heavy (non-hydrogen) atoms. The maximum atomic E-state index is 10.6. The van der Waals surface area contributed by atoms with Crippen molar-refractivity contribution in [2.45, 2.75) is 43.7 Å². The van der Waals surface area contributed by atoms with Gasteiger partial charge in [0.05, 0.1) is 11.6 Å². The molecule has 5 N–H and O–H groups in total. The molecule has 4 nitrogen and oxygen atoms in total. The van der Waals surface area contributed by atoms with Crippen molar-refractivity contribution in [3.8, 4) is 0 Å². The quantitative estimate of drug-likeness (QED) is 0.536. The molecule has 0 aromatic carbocycles. The van der Waals surface area contributed by atoms with Gasteiger partial charge < -0.3 is 16.6 Å². The fourth-order valence-corrected chi connectivity index (χ4v) is 1.75. The highest BCUT2D eigenvalue weighted by Gasteiger charge is 2.33. The average Bonchev–Trinajstić information content (AvgIpc) is 2.35. The monoisotopic (exact) mass is 172 g/mol. The number of hydrogen-bond acceptors (Lipinski definition) is 3. The van der Waals surface area contributed by atoms with Crippen molar-refractivity contribution >= 4 is 5.91 Å². The number of hydrogen-bond donors (Lipinski definition) is 3. The Balaban J connectivity index is 2.43. The molecule has 0 aromatic heterocycles. The second kappa shape index (κ2) is 3.41. The van der Waals surface area contributed by atoms with Crippen LogP contribution in [0.3, 0.4) is 0 Å². The summed E-state index contributed by atoms with van der Waals surface area (Å²) in [5, 5.41) is 9.82. The molecule has 1 atom stereocenters. The molecule has 1 aliphatic rings. The summed E-state index contributed by atoms with van der Waals surface area (Å²) in [5.74, 6) is -0.532. The van der Waals surface area contributed by atoms with E-state index in [2.05, 4.69) is 0 Å². The highest BCUT2D eigenvalue weighted by atomic mass is 16.3. The SMILES string of the molecule is NC(=O)C(N)CC1(O)CCCC1. The molecule has 1 rings (SSSR count). The number of amides is 1. The summed E-state index contributed by atoms with van der Waals surface area (Å²) in [6, 6.07) is -0.701. The average molecular weight is 172 g/mol. The molecule has 70 valence electrons. The second-order valence-electron chi connectivity index (χ2n) is 3.64. The smallest absolute Gasteiger partial charge is 0.234 e. The van der Waals surface area contributed by atoms with Crippen molar-refractivity contribution in [2.24, 2.45) is 11.5 Å². The third-order valence-corrected chi connectivity index (χ3v) is 2.50. The first-order valence-electron chi connectivity index (χ1n) is 4.31. The van der Waals surface area contributed by atoms with Gasteiger partial charge in [-0.3, -0.25) is 4.79 Å². The van der Waals surface area contributed by atoms with E-state index in [9.17, 15) is 9.90 Å². The van der Waals surface area contributed by atoms with Gasteiger partial charge in [0.15, 0.2) is 0 Å². The Morgan fingerprint density at radius 1 is 1.50 bits per heavy atom. The zero-order chi connectivity index (χ0) is 9.19. The topological polar surface area (TPSA) is 89.3 Å². The van der Waals surface area contributed by atoms with E-state index in [0.717, 1.165) is 25.7 Å². The Kier molecular flexibility index (Phi) is 2.69. The van der Waals surface area contributed by atoms with Crippen molar-refractivity contribution in [2.75, 3.05) is 0 Å². The minimum absolute atomic E-state index is 0.308. The number of primary amides is 1. The summed E-state index contributed by atoms with van der Waals surface area (Å²) in [5.41, 5.74) is 9.72. The maximum absolute atomic E-state index is 10.6. The van der Waals surface area contributed by atoms with Gasteiger partial charge in [0.25, 0.3) is 0 Å². The lowest BCUT2D eigenvalue weighted by Crippen LogP contribution is -2.43. The number of nitrogens with two attached hydrogens (primary N) is 2. The Hall–Kier alpha value is -0.610. The van der Waals surface area contributed by atoms with Gasteiger partial charge in [0.1, 0.15) is 0 Å². The predicted molar refractivity (Wildman–Crippen MR) is 45.2 cm³/mol. The van der Waals surface area contributed by atoms with Gasteiger partial charge in [0, 0.05) is 6.42 Å². The molecular weight excluding hydrogens is 156 g/mol. The number of rotatable bonds is 3. The van der Waals surface area contributed by atoms with Crippen LogP contribution in [0, 0.1) is 0 Å². The van der Waals surface area contributed by atoms with E-state index in [0.29, 0.717) is 6.42 Å². The van der Waals surface area contributed by atoms with E-state index in [1.165, 1.54) is 0 Å². The Morgan fingerprint density at radius 2 is 2.00 bits per heavy atom. The first kappa shape index (κ1) is 9.48. The maximum Gasteiger partial charge on any atom is 0.234 e. The fourth-order valence-electron chi connectivity index (χ4n) is 1.75. The molecule has 0 saturated heterocycles. The van der Waals surface area contributed by atoms with Crippen LogP contribution in [-0.2, 0) is 4.79 Å². The van der Waals surface area contributed by atoms with Crippen LogP contribution < -0.4 is 11.5 Å². The predicted octanol–water partition coefficient (Wildman–Crippen LogP) is -0.506. The summed E-state index contributed by atoms with van der Waals surface area (Å²) in [6.07, 6.45) is 3.83. The fraction of sp³-hybridized carbons (Fsp3) is 0.875. The van der Waals surface area contributed by atoms with E-state index in [4.69, 9.17) is 11.5 Å². The lowest BCUT2D eigenvalue weighted by Gasteiger charge is -2.24. The van der Waals surface area contributed by atoms with Gasteiger partial charge in [-0.05, 0) is 12.8 Å². The summed E-state index contributed by atoms with van der Waals surface area (Å²) in [4.78, 5) is 10.6. The van der Waals surface area contributed by atoms with Crippen LogP contribution in [-0.4, -0.2) is 22.7 Å². The van der Waals surface area contributed by atoms with E-state index in [1.807, 2.05) is 0 Å². The van der Waals surface area contributed by atoms with Crippen molar-refractivity contribution in [1.29, 1.82) is 0 Å². The molecule has 0 spiro atoms. The van der Waals surface area contributed by atoms with Gasteiger partial charge in [-0.2, -0.15) is 0 Å². The molecule has 4 heteroatoms. The molecule has 0 aliphatic heterocycles. The van der Waals surface area contributed by atoms with Gasteiger partial charge in [-0.25, -0.2) is 0 Å².